The fourth-order valence-electron chi connectivity index (χ4n) is 1.91. The van der Waals surface area contributed by atoms with Gasteiger partial charge in [0.25, 0.3) is 0 Å². The van der Waals surface area contributed by atoms with Gasteiger partial charge in [0.15, 0.2) is 0 Å². The molecular weight excluding hydrogens is 226 g/mol. The minimum absolute atomic E-state index is 0.0546. The first-order valence-corrected chi connectivity index (χ1v) is 6.32. The molecule has 0 amide bonds. The molecule has 0 aromatic heterocycles. The topological polar surface area (TPSA) is 61.8 Å². The van der Waals surface area contributed by atoms with Crippen molar-refractivity contribution >= 4 is 5.84 Å². The lowest BCUT2D eigenvalue weighted by molar-refractivity contribution is 0.257. The van der Waals surface area contributed by atoms with E-state index in [2.05, 4.69) is 42.1 Å². The third kappa shape index (κ3) is 4.04. The van der Waals surface area contributed by atoms with E-state index in [1.165, 1.54) is 11.1 Å². The van der Waals surface area contributed by atoms with E-state index < -0.39 is 0 Å². The van der Waals surface area contributed by atoms with E-state index in [1.54, 1.807) is 0 Å². The lowest BCUT2D eigenvalue weighted by atomic mass is 10.1. The first-order chi connectivity index (χ1) is 8.58. The van der Waals surface area contributed by atoms with Crippen LogP contribution in [0.4, 0.5) is 0 Å². The van der Waals surface area contributed by atoms with Crippen molar-refractivity contribution in [1.29, 1.82) is 0 Å². The van der Waals surface area contributed by atoms with Crippen LogP contribution in [0, 0.1) is 12.8 Å². The largest absolute Gasteiger partial charge is 0.409 e. The highest BCUT2D eigenvalue weighted by Gasteiger charge is 2.13. The summed E-state index contributed by atoms with van der Waals surface area (Å²) in [6.07, 6.45) is 0. The summed E-state index contributed by atoms with van der Waals surface area (Å²) < 4.78 is 0. The molecule has 1 atom stereocenters. The summed E-state index contributed by atoms with van der Waals surface area (Å²) in [6.45, 7) is 8.84. The van der Waals surface area contributed by atoms with E-state index in [4.69, 9.17) is 10.9 Å². The van der Waals surface area contributed by atoms with E-state index in [1.807, 2.05) is 13.0 Å². The van der Waals surface area contributed by atoms with Gasteiger partial charge in [0.1, 0.15) is 5.84 Å². The Bertz CT molecular complexity index is 404. The van der Waals surface area contributed by atoms with Crippen LogP contribution in [-0.2, 0) is 6.54 Å². The summed E-state index contributed by atoms with van der Waals surface area (Å²) >= 11 is 0. The fourth-order valence-corrected chi connectivity index (χ4v) is 1.91. The highest BCUT2D eigenvalue weighted by Crippen LogP contribution is 2.11. The average molecular weight is 249 g/mol. The highest BCUT2D eigenvalue weighted by atomic mass is 16.4. The molecule has 0 spiro atoms. The molecule has 1 aromatic carbocycles. The molecule has 0 bridgehead atoms. The van der Waals surface area contributed by atoms with E-state index in [-0.39, 0.29) is 5.92 Å². The Morgan fingerprint density at radius 1 is 1.44 bits per heavy atom. The van der Waals surface area contributed by atoms with Gasteiger partial charge >= 0.3 is 0 Å². The second kappa shape index (κ2) is 7.01. The number of aryl methyl sites for hydroxylation is 1. The second-order valence-corrected chi connectivity index (χ2v) is 4.68. The number of hydrogen-bond acceptors (Lipinski definition) is 3. The third-order valence-corrected chi connectivity index (χ3v) is 3.25. The Morgan fingerprint density at radius 3 is 2.67 bits per heavy atom. The van der Waals surface area contributed by atoms with Crippen LogP contribution in [0.3, 0.4) is 0 Å². The van der Waals surface area contributed by atoms with Crippen molar-refractivity contribution in [3.63, 3.8) is 0 Å². The van der Waals surface area contributed by atoms with Gasteiger partial charge in [0, 0.05) is 19.0 Å². The van der Waals surface area contributed by atoms with Crippen LogP contribution < -0.4 is 5.73 Å². The normalized spacial score (nSPS) is 13.9. The molecule has 4 heteroatoms. The number of benzene rings is 1. The van der Waals surface area contributed by atoms with Crippen LogP contribution in [0.2, 0.25) is 0 Å². The van der Waals surface area contributed by atoms with E-state index in [0.29, 0.717) is 5.84 Å². The number of nitrogens with two attached hydrogens (primary N) is 1. The zero-order valence-corrected chi connectivity index (χ0v) is 11.4. The van der Waals surface area contributed by atoms with Gasteiger partial charge in [-0.15, -0.1) is 0 Å². The molecule has 0 saturated carbocycles. The van der Waals surface area contributed by atoms with E-state index in [9.17, 15) is 0 Å². The van der Waals surface area contributed by atoms with E-state index in [0.717, 1.165) is 19.6 Å². The van der Waals surface area contributed by atoms with Gasteiger partial charge in [-0.25, -0.2) is 0 Å². The molecule has 0 heterocycles. The molecule has 1 rings (SSSR count). The number of rotatable bonds is 6. The predicted molar refractivity (Wildman–Crippen MR) is 74.7 cm³/mol. The number of nitrogens with zero attached hydrogens (tertiary/aromatic N) is 2. The molecular formula is C14H23N3O. The maximum absolute atomic E-state index is 8.67. The molecule has 0 aliphatic rings. The molecule has 18 heavy (non-hydrogen) atoms. The molecule has 0 aliphatic heterocycles. The Kier molecular flexibility index (Phi) is 5.65. The molecule has 4 nitrogen and oxygen atoms in total. The summed E-state index contributed by atoms with van der Waals surface area (Å²) in [6, 6.07) is 8.37. The maximum Gasteiger partial charge on any atom is 0.143 e. The van der Waals surface area contributed by atoms with Gasteiger partial charge in [-0.3, -0.25) is 4.90 Å². The van der Waals surface area contributed by atoms with Crippen LogP contribution in [0.5, 0.6) is 0 Å². The van der Waals surface area contributed by atoms with Gasteiger partial charge in [-0.2, -0.15) is 0 Å². The van der Waals surface area contributed by atoms with Gasteiger partial charge in [-0.05, 0) is 24.6 Å². The first kappa shape index (κ1) is 14.5. The van der Waals surface area contributed by atoms with Crippen LogP contribution in [0.15, 0.2) is 29.4 Å². The molecule has 0 saturated heterocycles. The Hall–Kier alpha value is -1.55. The van der Waals surface area contributed by atoms with Crippen molar-refractivity contribution in [2.45, 2.75) is 27.3 Å². The quantitative estimate of drug-likeness (QED) is 0.351. The van der Waals surface area contributed by atoms with Crippen molar-refractivity contribution in [2.75, 3.05) is 13.1 Å². The van der Waals surface area contributed by atoms with Crippen LogP contribution in [-0.4, -0.2) is 29.0 Å². The van der Waals surface area contributed by atoms with Crippen molar-refractivity contribution in [3.8, 4) is 0 Å². The number of hydrogen-bond donors (Lipinski definition) is 2. The molecule has 3 N–H and O–H groups in total. The minimum Gasteiger partial charge on any atom is -0.409 e. The van der Waals surface area contributed by atoms with Crippen LogP contribution in [0.1, 0.15) is 25.0 Å². The zero-order chi connectivity index (χ0) is 13.5. The molecule has 1 unspecified atom stereocenters. The molecule has 0 aliphatic carbocycles. The van der Waals surface area contributed by atoms with Crippen molar-refractivity contribution in [1.82, 2.24) is 4.90 Å². The lowest BCUT2D eigenvalue weighted by Crippen LogP contribution is -2.34. The Balaban J connectivity index is 2.66. The summed E-state index contributed by atoms with van der Waals surface area (Å²) in [4.78, 5) is 2.30. The molecule has 0 radical (unpaired) electrons. The second-order valence-electron chi connectivity index (χ2n) is 4.68. The van der Waals surface area contributed by atoms with Crippen molar-refractivity contribution < 1.29 is 5.21 Å². The van der Waals surface area contributed by atoms with Crippen molar-refractivity contribution in [2.24, 2.45) is 16.8 Å². The Labute approximate surface area is 109 Å². The maximum atomic E-state index is 8.67. The summed E-state index contributed by atoms with van der Waals surface area (Å²) in [5, 5.41) is 11.7. The number of oxime groups is 1. The average Bonchev–Trinajstić information content (AvgIpc) is 2.39. The van der Waals surface area contributed by atoms with Gasteiger partial charge in [-0.1, -0.05) is 43.3 Å². The highest BCUT2D eigenvalue weighted by molar-refractivity contribution is 5.82. The smallest absolute Gasteiger partial charge is 0.143 e. The first-order valence-electron chi connectivity index (χ1n) is 6.32. The van der Waals surface area contributed by atoms with Crippen LogP contribution in [0.25, 0.3) is 0 Å². The Morgan fingerprint density at radius 2 is 2.11 bits per heavy atom. The third-order valence-electron chi connectivity index (χ3n) is 3.25. The van der Waals surface area contributed by atoms with Crippen molar-refractivity contribution in [3.05, 3.63) is 35.4 Å². The summed E-state index contributed by atoms with van der Waals surface area (Å²) in [5.41, 5.74) is 8.24. The van der Waals surface area contributed by atoms with Crippen LogP contribution >= 0.6 is 0 Å². The lowest BCUT2D eigenvalue weighted by Gasteiger charge is -2.24. The standard InChI is InChI=1S/C14H23N3O/c1-4-17(9-12(3)14(15)16-18)10-13-8-6-5-7-11(13)2/h5-8,12,18H,4,9-10H2,1-3H3,(H2,15,16). The van der Waals surface area contributed by atoms with Gasteiger partial charge in [0.05, 0.1) is 0 Å². The monoisotopic (exact) mass is 249 g/mol. The molecule has 100 valence electrons. The van der Waals surface area contributed by atoms with E-state index >= 15 is 0 Å². The van der Waals surface area contributed by atoms with Gasteiger partial charge in [0.2, 0.25) is 0 Å². The number of amidine groups is 1. The fraction of sp³-hybridized carbons (Fsp3) is 0.500. The SMILES string of the molecule is CCN(Cc1ccccc1C)CC(C)C(N)=NO. The van der Waals surface area contributed by atoms with Gasteiger partial charge < -0.3 is 10.9 Å². The zero-order valence-electron chi connectivity index (χ0n) is 11.4. The molecule has 1 aromatic rings. The predicted octanol–water partition coefficient (Wildman–Crippen LogP) is 2.20. The molecule has 0 fully saturated rings. The minimum atomic E-state index is 0.0546. The summed E-state index contributed by atoms with van der Waals surface area (Å²) in [5.74, 6) is 0.345. The summed E-state index contributed by atoms with van der Waals surface area (Å²) in [7, 11) is 0.